The SMILES string of the molecule is CC(C)(C)C1c2cc(F)ccc2CCC1CN. The zero-order chi connectivity index (χ0) is 12.6. The molecule has 2 rings (SSSR count). The van der Waals surface area contributed by atoms with Gasteiger partial charge >= 0.3 is 0 Å². The molecule has 1 aromatic carbocycles. The van der Waals surface area contributed by atoms with Gasteiger partial charge < -0.3 is 5.73 Å². The summed E-state index contributed by atoms with van der Waals surface area (Å²) in [6.45, 7) is 7.36. The van der Waals surface area contributed by atoms with Crippen molar-refractivity contribution in [2.45, 2.75) is 39.5 Å². The van der Waals surface area contributed by atoms with Gasteiger partial charge in [-0.2, -0.15) is 0 Å². The van der Waals surface area contributed by atoms with E-state index in [0.29, 0.717) is 18.4 Å². The first-order valence-electron chi connectivity index (χ1n) is 6.42. The van der Waals surface area contributed by atoms with E-state index in [1.165, 1.54) is 11.1 Å². The van der Waals surface area contributed by atoms with Crippen LogP contribution in [0.5, 0.6) is 0 Å². The molecule has 0 heterocycles. The van der Waals surface area contributed by atoms with Crippen LogP contribution in [-0.4, -0.2) is 6.54 Å². The third-order valence-electron chi connectivity index (χ3n) is 3.93. The highest BCUT2D eigenvalue weighted by Crippen LogP contribution is 2.46. The second kappa shape index (κ2) is 4.41. The Morgan fingerprint density at radius 2 is 2.06 bits per heavy atom. The van der Waals surface area contributed by atoms with E-state index in [1.807, 2.05) is 6.07 Å². The Bertz CT molecular complexity index is 406. The molecule has 0 aliphatic heterocycles. The van der Waals surface area contributed by atoms with Gasteiger partial charge in [0.2, 0.25) is 0 Å². The van der Waals surface area contributed by atoms with E-state index in [-0.39, 0.29) is 11.2 Å². The third-order valence-corrected chi connectivity index (χ3v) is 3.93. The Kier molecular flexibility index (Phi) is 3.26. The molecule has 0 saturated carbocycles. The quantitative estimate of drug-likeness (QED) is 0.792. The van der Waals surface area contributed by atoms with Crippen molar-refractivity contribution >= 4 is 0 Å². The first kappa shape index (κ1) is 12.6. The van der Waals surface area contributed by atoms with Crippen LogP contribution in [-0.2, 0) is 6.42 Å². The van der Waals surface area contributed by atoms with Crippen LogP contribution in [0.15, 0.2) is 18.2 Å². The number of halogens is 1. The molecule has 0 aromatic heterocycles. The number of aryl methyl sites for hydroxylation is 1. The molecule has 1 nitrogen and oxygen atoms in total. The van der Waals surface area contributed by atoms with E-state index in [0.717, 1.165) is 12.8 Å². The highest BCUT2D eigenvalue weighted by atomic mass is 19.1. The molecule has 2 unspecified atom stereocenters. The summed E-state index contributed by atoms with van der Waals surface area (Å²) >= 11 is 0. The van der Waals surface area contributed by atoms with Crippen molar-refractivity contribution in [1.29, 1.82) is 0 Å². The van der Waals surface area contributed by atoms with Gasteiger partial charge in [-0.3, -0.25) is 0 Å². The fraction of sp³-hybridized carbons (Fsp3) is 0.600. The van der Waals surface area contributed by atoms with Crippen molar-refractivity contribution < 1.29 is 4.39 Å². The monoisotopic (exact) mass is 235 g/mol. The number of rotatable bonds is 1. The molecular weight excluding hydrogens is 213 g/mol. The zero-order valence-corrected chi connectivity index (χ0v) is 11.0. The van der Waals surface area contributed by atoms with Gasteiger partial charge in [-0.25, -0.2) is 4.39 Å². The van der Waals surface area contributed by atoms with E-state index in [9.17, 15) is 4.39 Å². The number of hydrogen-bond donors (Lipinski definition) is 1. The number of nitrogens with two attached hydrogens (primary N) is 1. The normalized spacial score (nSPS) is 24.5. The van der Waals surface area contributed by atoms with Crippen LogP contribution < -0.4 is 5.73 Å². The second-order valence-electron chi connectivity index (χ2n) is 6.22. The fourth-order valence-electron chi connectivity index (χ4n) is 3.27. The molecule has 0 bridgehead atoms. The topological polar surface area (TPSA) is 26.0 Å². The van der Waals surface area contributed by atoms with Crippen molar-refractivity contribution in [2.24, 2.45) is 17.1 Å². The summed E-state index contributed by atoms with van der Waals surface area (Å²) in [6, 6.07) is 5.23. The van der Waals surface area contributed by atoms with Gasteiger partial charge in [-0.05, 0) is 59.9 Å². The fourth-order valence-corrected chi connectivity index (χ4v) is 3.27. The number of hydrogen-bond acceptors (Lipinski definition) is 1. The molecule has 2 heteroatoms. The van der Waals surface area contributed by atoms with Crippen molar-refractivity contribution in [1.82, 2.24) is 0 Å². The summed E-state index contributed by atoms with van der Waals surface area (Å²) in [4.78, 5) is 0. The Labute approximate surface area is 103 Å². The van der Waals surface area contributed by atoms with Crippen LogP contribution >= 0.6 is 0 Å². The van der Waals surface area contributed by atoms with Gasteiger partial charge in [0.25, 0.3) is 0 Å². The van der Waals surface area contributed by atoms with Crippen LogP contribution in [0.1, 0.15) is 44.2 Å². The van der Waals surface area contributed by atoms with E-state index in [2.05, 4.69) is 20.8 Å². The molecule has 0 radical (unpaired) electrons. The molecule has 0 saturated heterocycles. The third kappa shape index (κ3) is 2.37. The summed E-state index contributed by atoms with van der Waals surface area (Å²) in [5.74, 6) is 0.715. The lowest BCUT2D eigenvalue weighted by atomic mass is 9.64. The standard InChI is InChI=1S/C15H22FN/c1-15(2,3)14-11(9-17)5-4-10-6-7-12(16)8-13(10)14/h6-8,11,14H,4-5,9,17H2,1-3H3. The molecule has 2 N–H and O–H groups in total. The summed E-state index contributed by atoms with van der Waals surface area (Å²) < 4.78 is 13.5. The highest BCUT2D eigenvalue weighted by molar-refractivity contribution is 5.35. The van der Waals surface area contributed by atoms with Crippen LogP contribution in [0, 0.1) is 17.2 Å². The first-order valence-corrected chi connectivity index (χ1v) is 6.42. The van der Waals surface area contributed by atoms with E-state index >= 15 is 0 Å². The number of benzene rings is 1. The molecular formula is C15H22FN. The van der Waals surface area contributed by atoms with Crippen molar-refractivity contribution in [3.63, 3.8) is 0 Å². The Morgan fingerprint density at radius 1 is 1.35 bits per heavy atom. The number of fused-ring (bicyclic) bond motifs is 1. The predicted octanol–water partition coefficient (Wildman–Crippen LogP) is 3.48. The van der Waals surface area contributed by atoms with Crippen LogP contribution in [0.25, 0.3) is 0 Å². The van der Waals surface area contributed by atoms with E-state index < -0.39 is 0 Å². The van der Waals surface area contributed by atoms with Gasteiger partial charge in [0.1, 0.15) is 5.82 Å². The molecule has 1 aliphatic rings. The Hall–Kier alpha value is -0.890. The van der Waals surface area contributed by atoms with E-state index in [1.54, 1.807) is 12.1 Å². The average Bonchev–Trinajstić information content (AvgIpc) is 2.25. The minimum absolute atomic E-state index is 0.129. The smallest absolute Gasteiger partial charge is 0.123 e. The maximum absolute atomic E-state index is 13.5. The van der Waals surface area contributed by atoms with Crippen LogP contribution in [0.2, 0.25) is 0 Å². The lowest BCUT2D eigenvalue weighted by Gasteiger charge is -2.41. The van der Waals surface area contributed by atoms with Gasteiger partial charge in [0.15, 0.2) is 0 Å². The summed E-state index contributed by atoms with van der Waals surface area (Å²) in [5.41, 5.74) is 8.51. The second-order valence-corrected chi connectivity index (χ2v) is 6.22. The molecule has 1 aliphatic carbocycles. The van der Waals surface area contributed by atoms with Gasteiger partial charge in [-0.15, -0.1) is 0 Å². The molecule has 94 valence electrons. The maximum atomic E-state index is 13.5. The van der Waals surface area contributed by atoms with Gasteiger partial charge in [0, 0.05) is 0 Å². The molecule has 17 heavy (non-hydrogen) atoms. The maximum Gasteiger partial charge on any atom is 0.123 e. The van der Waals surface area contributed by atoms with Crippen molar-refractivity contribution in [2.75, 3.05) is 6.54 Å². The van der Waals surface area contributed by atoms with Crippen molar-refractivity contribution in [3.8, 4) is 0 Å². The first-order chi connectivity index (χ1) is 7.93. The molecule has 1 aromatic rings. The summed E-state index contributed by atoms with van der Waals surface area (Å²) in [7, 11) is 0. The highest BCUT2D eigenvalue weighted by Gasteiger charge is 2.36. The van der Waals surface area contributed by atoms with Crippen LogP contribution in [0.3, 0.4) is 0 Å². The van der Waals surface area contributed by atoms with Crippen molar-refractivity contribution in [3.05, 3.63) is 35.1 Å². The Balaban J connectivity index is 2.49. The predicted molar refractivity (Wildman–Crippen MR) is 69.5 cm³/mol. The molecule has 0 amide bonds. The minimum atomic E-state index is -0.129. The minimum Gasteiger partial charge on any atom is -0.330 e. The summed E-state index contributed by atoms with van der Waals surface area (Å²) in [5, 5.41) is 0. The Morgan fingerprint density at radius 3 is 2.65 bits per heavy atom. The summed E-state index contributed by atoms with van der Waals surface area (Å²) in [6.07, 6.45) is 2.15. The lowest BCUT2D eigenvalue weighted by molar-refractivity contribution is 0.216. The van der Waals surface area contributed by atoms with E-state index in [4.69, 9.17) is 5.73 Å². The largest absolute Gasteiger partial charge is 0.330 e. The van der Waals surface area contributed by atoms with Crippen LogP contribution in [0.4, 0.5) is 4.39 Å². The molecule has 0 fully saturated rings. The molecule has 0 spiro atoms. The lowest BCUT2D eigenvalue weighted by Crippen LogP contribution is -2.35. The molecule has 2 atom stereocenters. The zero-order valence-electron chi connectivity index (χ0n) is 11.0. The van der Waals surface area contributed by atoms with Gasteiger partial charge in [-0.1, -0.05) is 26.8 Å². The van der Waals surface area contributed by atoms with Gasteiger partial charge in [0.05, 0.1) is 0 Å². The average molecular weight is 235 g/mol.